The number of rotatable bonds is 9. The molecule has 0 aliphatic carbocycles. The molecule has 0 aromatic heterocycles. The molecule has 2 aromatic rings. The van der Waals surface area contributed by atoms with Crippen molar-refractivity contribution in [2.75, 3.05) is 13.2 Å². The summed E-state index contributed by atoms with van der Waals surface area (Å²) in [6.07, 6.45) is 0.826. The Bertz CT molecular complexity index is 846. The first kappa shape index (κ1) is 23.7. The molecule has 156 valence electrons. The van der Waals surface area contributed by atoms with Crippen molar-refractivity contribution < 1.29 is 14.3 Å². The van der Waals surface area contributed by atoms with Crippen LogP contribution in [0.25, 0.3) is 0 Å². The van der Waals surface area contributed by atoms with Gasteiger partial charge in [0.15, 0.2) is 6.61 Å². The minimum Gasteiger partial charge on any atom is -0.483 e. The van der Waals surface area contributed by atoms with Gasteiger partial charge in [0.25, 0.3) is 5.91 Å². The highest BCUT2D eigenvalue weighted by Crippen LogP contribution is 2.28. The van der Waals surface area contributed by atoms with E-state index in [0.717, 1.165) is 16.5 Å². The monoisotopic (exact) mass is 544 g/mol. The number of hydrogen-bond acceptors (Lipinski definition) is 3. The fourth-order valence-corrected chi connectivity index (χ4v) is 3.64. The van der Waals surface area contributed by atoms with Crippen LogP contribution in [-0.4, -0.2) is 35.9 Å². The quantitative estimate of drug-likeness (QED) is 0.471. The van der Waals surface area contributed by atoms with Crippen molar-refractivity contribution in [1.82, 2.24) is 10.2 Å². The summed E-state index contributed by atoms with van der Waals surface area (Å²) in [6, 6.07) is 12.1. The molecule has 1 N–H and O–H groups in total. The summed E-state index contributed by atoms with van der Waals surface area (Å²) in [5.41, 5.74) is 0.921. The summed E-state index contributed by atoms with van der Waals surface area (Å²) in [5, 5.41) is 3.41. The molecule has 0 fully saturated rings. The molecule has 8 heteroatoms. The van der Waals surface area contributed by atoms with Gasteiger partial charge in [-0.05, 0) is 65.2 Å². The average Bonchev–Trinajstić information content (AvgIpc) is 2.70. The predicted molar refractivity (Wildman–Crippen MR) is 122 cm³/mol. The number of nitrogens with zero attached hydrogens (tertiary/aromatic N) is 1. The fraction of sp³-hybridized carbons (Fsp3) is 0.333. The van der Waals surface area contributed by atoms with Gasteiger partial charge in [0.05, 0.1) is 4.47 Å². The number of nitrogens with one attached hydrogen (secondary N) is 1. The lowest BCUT2D eigenvalue weighted by atomic mass is 10.1. The second-order valence-electron chi connectivity index (χ2n) is 6.48. The van der Waals surface area contributed by atoms with Crippen molar-refractivity contribution in [2.45, 2.75) is 32.9 Å². The zero-order valence-electron chi connectivity index (χ0n) is 16.3. The molecule has 0 spiro atoms. The number of benzene rings is 2. The van der Waals surface area contributed by atoms with Crippen LogP contribution in [0.4, 0.5) is 0 Å². The summed E-state index contributed by atoms with van der Waals surface area (Å²) in [4.78, 5) is 27.0. The van der Waals surface area contributed by atoms with Crippen molar-refractivity contribution in [3.8, 4) is 5.75 Å². The lowest BCUT2D eigenvalue weighted by Gasteiger charge is -2.28. The number of hydrogen-bond donors (Lipinski definition) is 1. The van der Waals surface area contributed by atoms with Crippen LogP contribution in [0.15, 0.2) is 51.4 Å². The lowest BCUT2D eigenvalue weighted by molar-refractivity contribution is -0.142. The summed E-state index contributed by atoms with van der Waals surface area (Å²) < 4.78 is 7.27. The largest absolute Gasteiger partial charge is 0.483 e. The Kier molecular flexibility index (Phi) is 9.46. The Labute approximate surface area is 193 Å². The van der Waals surface area contributed by atoms with Gasteiger partial charge in [0, 0.05) is 22.6 Å². The molecular formula is C21H23Br2ClN2O3. The predicted octanol–water partition coefficient (Wildman–Crippen LogP) is 5.19. The molecule has 2 aromatic carbocycles. The van der Waals surface area contributed by atoms with E-state index in [1.54, 1.807) is 25.1 Å². The van der Waals surface area contributed by atoms with Gasteiger partial charge in [-0.15, -0.1) is 0 Å². The molecule has 0 heterocycles. The second-order valence-corrected chi connectivity index (χ2v) is 8.68. The van der Waals surface area contributed by atoms with Gasteiger partial charge in [-0.2, -0.15) is 0 Å². The minimum atomic E-state index is -0.630. The number of ether oxygens (including phenoxy) is 1. The highest BCUT2D eigenvalue weighted by atomic mass is 79.9. The van der Waals surface area contributed by atoms with Crippen LogP contribution in [0.2, 0.25) is 5.02 Å². The number of carbonyl (C=O) groups excluding carboxylic acids is 2. The van der Waals surface area contributed by atoms with Gasteiger partial charge >= 0.3 is 0 Å². The van der Waals surface area contributed by atoms with Crippen LogP contribution in [0.3, 0.4) is 0 Å². The van der Waals surface area contributed by atoms with Gasteiger partial charge in [-0.3, -0.25) is 9.59 Å². The van der Waals surface area contributed by atoms with Crippen LogP contribution in [0.5, 0.6) is 5.75 Å². The van der Waals surface area contributed by atoms with E-state index in [4.69, 9.17) is 16.3 Å². The van der Waals surface area contributed by atoms with Gasteiger partial charge in [-0.1, -0.05) is 46.6 Å². The van der Waals surface area contributed by atoms with Crippen molar-refractivity contribution in [2.24, 2.45) is 0 Å². The van der Waals surface area contributed by atoms with E-state index >= 15 is 0 Å². The Hall–Kier alpha value is -1.57. The van der Waals surface area contributed by atoms with Crippen molar-refractivity contribution >= 4 is 55.3 Å². The highest BCUT2D eigenvalue weighted by Gasteiger charge is 2.26. The van der Waals surface area contributed by atoms with Crippen LogP contribution < -0.4 is 10.1 Å². The molecule has 2 rings (SSSR count). The molecule has 0 bridgehead atoms. The topological polar surface area (TPSA) is 58.6 Å². The minimum absolute atomic E-state index is 0.190. The van der Waals surface area contributed by atoms with E-state index < -0.39 is 6.04 Å². The van der Waals surface area contributed by atoms with Gasteiger partial charge in [0.1, 0.15) is 11.8 Å². The fourth-order valence-electron chi connectivity index (χ4n) is 2.58. The van der Waals surface area contributed by atoms with Crippen molar-refractivity contribution in [1.29, 1.82) is 0 Å². The SMILES string of the molecule is CCCNC(=O)C(C)N(Cc1ccc(Br)cc1)C(=O)COc1ccc(Cl)cc1Br. The third kappa shape index (κ3) is 7.32. The Morgan fingerprint density at radius 1 is 1.17 bits per heavy atom. The zero-order valence-corrected chi connectivity index (χ0v) is 20.2. The summed E-state index contributed by atoms with van der Waals surface area (Å²) in [5.74, 6) is 0.0355. The molecule has 0 saturated carbocycles. The second kappa shape index (κ2) is 11.6. The van der Waals surface area contributed by atoms with Crippen LogP contribution in [0, 0.1) is 0 Å². The maximum absolute atomic E-state index is 13.0. The first-order valence-corrected chi connectivity index (χ1v) is 11.2. The number of carbonyl (C=O) groups is 2. The standard InChI is InChI=1S/C21H23Br2ClN2O3/c1-3-10-25-21(28)14(2)26(12-15-4-6-16(22)7-5-15)20(27)13-29-19-9-8-17(24)11-18(19)23/h4-9,11,14H,3,10,12-13H2,1-2H3,(H,25,28). The lowest BCUT2D eigenvalue weighted by Crippen LogP contribution is -2.49. The van der Waals surface area contributed by atoms with Crippen molar-refractivity contribution in [3.05, 3.63) is 62.0 Å². The maximum Gasteiger partial charge on any atom is 0.261 e. The van der Waals surface area contributed by atoms with E-state index in [1.165, 1.54) is 4.90 Å². The average molecular weight is 547 g/mol. The molecule has 0 radical (unpaired) electrons. The van der Waals surface area contributed by atoms with E-state index in [9.17, 15) is 9.59 Å². The molecular weight excluding hydrogens is 524 g/mol. The summed E-state index contributed by atoms with van der Waals surface area (Å²) in [7, 11) is 0. The molecule has 0 aliphatic heterocycles. The molecule has 0 aliphatic rings. The van der Waals surface area contributed by atoms with Crippen molar-refractivity contribution in [3.63, 3.8) is 0 Å². The number of halogens is 3. The van der Waals surface area contributed by atoms with Gasteiger partial charge < -0.3 is 15.0 Å². The molecule has 2 amide bonds. The Morgan fingerprint density at radius 3 is 2.48 bits per heavy atom. The van der Waals surface area contributed by atoms with E-state index in [-0.39, 0.29) is 18.4 Å². The molecule has 1 atom stereocenters. The van der Waals surface area contributed by atoms with Crippen LogP contribution >= 0.6 is 43.5 Å². The normalized spacial score (nSPS) is 11.6. The van der Waals surface area contributed by atoms with E-state index in [1.807, 2.05) is 31.2 Å². The van der Waals surface area contributed by atoms with Gasteiger partial charge in [0.2, 0.25) is 5.91 Å². The zero-order chi connectivity index (χ0) is 21.4. The third-order valence-electron chi connectivity index (χ3n) is 4.23. The summed E-state index contributed by atoms with van der Waals surface area (Å²) in [6.45, 7) is 4.38. The first-order valence-electron chi connectivity index (χ1n) is 9.21. The molecule has 0 saturated heterocycles. The first-order chi connectivity index (χ1) is 13.8. The Balaban J connectivity index is 2.14. The smallest absolute Gasteiger partial charge is 0.261 e. The molecule has 5 nitrogen and oxygen atoms in total. The molecule has 1 unspecified atom stereocenters. The maximum atomic E-state index is 13.0. The van der Waals surface area contributed by atoms with E-state index in [2.05, 4.69) is 37.2 Å². The number of amides is 2. The highest BCUT2D eigenvalue weighted by molar-refractivity contribution is 9.10. The van der Waals surface area contributed by atoms with Crippen LogP contribution in [0.1, 0.15) is 25.8 Å². The van der Waals surface area contributed by atoms with Gasteiger partial charge in [-0.25, -0.2) is 0 Å². The Morgan fingerprint density at radius 2 is 1.86 bits per heavy atom. The molecule has 29 heavy (non-hydrogen) atoms. The van der Waals surface area contributed by atoms with Crippen LogP contribution in [-0.2, 0) is 16.1 Å². The summed E-state index contributed by atoms with van der Waals surface area (Å²) >= 11 is 12.7. The van der Waals surface area contributed by atoms with E-state index in [0.29, 0.717) is 28.3 Å². The third-order valence-corrected chi connectivity index (χ3v) is 5.61.